The molecule has 0 radical (unpaired) electrons. The van der Waals surface area contributed by atoms with Gasteiger partial charge in [-0.25, -0.2) is 0 Å². The summed E-state index contributed by atoms with van der Waals surface area (Å²) < 4.78 is 0. The zero-order valence-corrected chi connectivity index (χ0v) is 15.1. The summed E-state index contributed by atoms with van der Waals surface area (Å²) >= 11 is 0. The van der Waals surface area contributed by atoms with Gasteiger partial charge in [0.1, 0.15) is 5.60 Å². The second-order valence-electron chi connectivity index (χ2n) is 7.41. The van der Waals surface area contributed by atoms with Crippen LogP contribution >= 0.6 is 0 Å². The van der Waals surface area contributed by atoms with E-state index in [0.717, 1.165) is 24.0 Å². The fourth-order valence-corrected chi connectivity index (χ4v) is 4.40. The summed E-state index contributed by atoms with van der Waals surface area (Å²) in [5.41, 5.74) is 3.51. The first-order valence-electron chi connectivity index (χ1n) is 9.72. The molecule has 132 valence electrons. The second kappa shape index (κ2) is 7.47. The van der Waals surface area contributed by atoms with Crippen LogP contribution in [0.3, 0.4) is 0 Å². The van der Waals surface area contributed by atoms with Crippen molar-refractivity contribution >= 4 is 0 Å². The normalized spacial score (nSPS) is 17.6. The van der Waals surface area contributed by atoms with Gasteiger partial charge >= 0.3 is 0 Å². The van der Waals surface area contributed by atoms with Crippen LogP contribution in [0.1, 0.15) is 43.2 Å². The second-order valence-corrected chi connectivity index (χ2v) is 7.41. The minimum absolute atomic E-state index is 0.279. The monoisotopic (exact) mass is 342 g/mol. The molecule has 1 unspecified atom stereocenters. The van der Waals surface area contributed by atoms with Gasteiger partial charge in [-0.3, -0.25) is 0 Å². The van der Waals surface area contributed by atoms with Gasteiger partial charge in [0.25, 0.3) is 0 Å². The number of hydrogen-bond acceptors (Lipinski definition) is 1. The zero-order chi connectivity index (χ0) is 17.8. The van der Waals surface area contributed by atoms with E-state index >= 15 is 0 Å². The van der Waals surface area contributed by atoms with E-state index in [1.165, 1.54) is 30.4 Å². The Morgan fingerprint density at radius 1 is 0.577 bits per heavy atom. The van der Waals surface area contributed by atoms with Crippen molar-refractivity contribution in [1.29, 1.82) is 0 Å². The van der Waals surface area contributed by atoms with Crippen molar-refractivity contribution in [2.75, 3.05) is 0 Å². The van der Waals surface area contributed by atoms with E-state index in [4.69, 9.17) is 0 Å². The molecule has 3 aromatic carbocycles. The number of benzene rings is 3. The van der Waals surface area contributed by atoms with Crippen LogP contribution in [0.25, 0.3) is 11.1 Å². The van der Waals surface area contributed by atoms with E-state index in [9.17, 15) is 5.11 Å². The van der Waals surface area contributed by atoms with Crippen LogP contribution in [0.5, 0.6) is 0 Å². The highest BCUT2D eigenvalue weighted by Gasteiger charge is 2.40. The molecule has 0 spiro atoms. The molecule has 1 aliphatic carbocycles. The molecular weight excluding hydrogens is 316 g/mol. The summed E-state index contributed by atoms with van der Waals surface area (Å²) in [6.45, 7) is 0. The van der Waals surface area contributed by atoms with E-state index in [-0.39, 0.29) is 5.92 Å². The van der Waals surface area contributed by atoms with Gasteiger partial charge in [-0.05, 0) is 41.0 Å². The molecule has 4 rings (SSSR count). The van der Waals surface area contributed by atoms with Crippen molar-refractivity contribution in [2.24, 2.45) is 5.92 Å². The van der Waals surface area contributed by atoms with Crippen LogP contribution in [0, 0.1) is 5.92 Å². The first-order chi connectivity index (χ1) is 12.8. The van der Waals surface area contributed by atoms with Crippen LogP contribution < -0.4 is 0 Å². The first kappa shape index (κ1) is 17.1. The van der Waals surface area contributed by atoms with Crippen LogP contribution in [-0.4, -0.2) is 5.11 Å². The number of aliphatic hydroxyl groups is 1. The predicted octanol–water partition coefficient (Wildman–Crippen LogP) is 6.17. The van der Waals surface area contributed by atoms with E-state index in [1.54, 1.807) is 0 Å². The third kappa shape index (κ3) is 3.20. The first-order valence-corrected chi connectivity index (χ1v) is 9.72. The molecule has 0 amide bonds. The summed E-state index contributed by atoms with van der Waals surface area (Å²) in [7, 11) is 0. The predicted molar refractivity (Wildman–Crippen MR) is 108 cm³/mol. The van der Waals surface area contributed by atoms with Crippen molar-refractivity contribution < 1.29 is 5.11 Å². The minimum Gasteiger partial charge on any atom is -0.380 e. The highest BCUT2D eigenvalue weighted by molar-refractivity contribution is 5.63. The molecule has 0 saturated heterocycles. The number of hydrogen-bond donors (Lipinski definition) is 1. The average Bonchev–Trinajstić information content (AvgIpc) is 2.75. The lowest BCUT2D eigenvalue weighted by atomic mass is 9.70. The maximum Gasteiger partial charge on any atom is 0.117 e. The van der Waals surface area contributed by atoms with Crippen molar-refractivity contribution in [1.82, 2.24) is 0 Å². The molecular formula is C25H26O. The molecule has 0 aromatic heterocycles. The van der Waals surface area contributed by atoms with Crippen molar-refractivity contribution in [2.45, 2.75) is 37.7 Å². The molecule has 1 nitrogen and oxygen atoms in total. The van der Waals surface area contributed by atoms with Gasteiger partial charge in [0.15, 0.2) is 0 Å². The Hall–Kier alpha value is -2.38. The Morgan fingerprint density at radius 3 is 1.69 bits per heavy atom. The Bertz CT molecular complexity index is 817. The summed E-state index contributed by atoms with van der Waals surface area (Å²) in [6.07, 6.45) is 5.88. The zero-order valence-electron chi connectivity index (χ0n) is 15.1. The Labute approximate surface area is 156 Å². The maximum atomic E-state index is 11.9. The molecule has 1 heteroatoms. The molecule has 1 fully saturated rings. The van der Waals surface area contributed by atoms with Crippen LogP contribution in [-0.2, 0) is 5.60 Å². The quantitative estimate of drug-likeness (QED) is 0.601. The van der Waals surface area contributed by atoms with Gasteiger partial charge in [-0.2, -0.15) is 0 Å². The molecule has 0 aliphatic heterocycles. The fraction of sp³-hybridized carbons (Fsp3) is 0.280. The fourth-order valence-electron chi connectivity index (χ4n) is 4.40. The molecule has 1 atom stereocenters. The van der Waals surface area contributed by atoms with Crippen LogP contribution in [0.2, 0.25) is 0 Å². The number of rotatable bonds is 4. The molecule has 1 N–H and O–H groups in total. The van der Waals surface area contributed by atoms with E-state index in [0.29, 0.717) is 0 Å². The SMILES string of the molecule is OC(c1ccccc1)(c1ccc(-c2ccccc2)cc1)C1CCCCC1. The smallest absolute Gasteiger partial charge is 0.117 e. The van der Waals surface area contributed by atoms with Gasteiger partial charge in [0, 0.05) is 0 Å². The Morgan fingerprint density at radius 2 is 1.08 bits per heavy atom. The lowest BCUT2D eigenvalue weighted by Crippen LogP contribution is -2.37. The van der Waals surface area contributed by atoms with Crippen molar-refractivity contribution in [3.8, 4) is 11.1 Å². The molecule has 0 heterocycles. The van der Waals surface area contributed by atoms with E-state index in [1.807, 2.05) is 24.3 Å². The van der Waals surface area contributed by atoms with Gasteiger partial charge in [0.05, 0.1) is 0 Å². The van der Waals surface area contributed by atoms with Gasteiger partial charge in [0.2, 0.25) is 0 Å². The third-order valence-corrected chi connectivity index (χ3v) is 5.84. The molecule has 26 heavy (non-hydrogen) atoms. The standard InChI is InChI=1S/C25H26O/c26-25(22-12-6-2-7-13-22,23-14-8-3-9-15-23)24-18-16-21(17-19-24)20-10-4-1-5-11-20/h1-2,4-7,10-13,16-19,23,26H,3,8-9,14-15H2. The third-order valence-electron chi connectivity index (χ3n) is 5.84. The van der Waals surface area contributed by atoms with Gasteiger partial charge in [-0.1, -0.05) is 104 Å². The molecule has 0 bridgehead atoms. The summed E-state index contributed by atoms with van der Waals surface area (Å²) in [5, 5.41) is 11.9. The molecule has 1 saturated carbocycles. The average molecular weight is 342 g/mol. The van der Waals surface area contributed by atoms with Crippen LogP contribution in [0.4, 0.5) is 0 Å². The minimum atomic E-state index is -0.906. The highest BCUT2D eigenvalue weighted by Crippen LogP contribution is 2.44. The van der Waals surface area contributed by atoms with Crippen molar-refractivity contribution in [3.63, 3.8) is 0 Å². The highest BCUT2D eigenvalue weighted by atomic mass is 16.3. The largest absolute Gasteiger partial charge is 0.380 e. The molecule has 1 aliphatic rings. The topological polar surface area (TPSA) is 20.2 Å². The Balaban J connectivity index is 1.74. The van der Waals surface area contributed by atoms with Gasteiger partial charge < -0.3 is 5.11 Å². The lowest BCUT2D eigenvalue weighted by Gasteiger charge is -2.39. The summed E-state index contributed by atoms with van der Waals surface area (Å²) in [5.74, 6) is 0.279. The Kier molecular flexibility index (Phi) is 4.90. The lowest BCUT2D eigenvalue weighted by molar-refractivity contribution is -0.000703. The summed E-state index contributed by atoms with van der Waals surface area (Å²) in [4.78, 5) is 0. The van der Waals surface area contributed by atoms with E-state index in [2.05, 4.69) is 60.7 Å². The van der Waals surface area contributed by atoms with E-state index < -0.39 is 5.60 Å². The van der Waals surface area contributed by atoms with Crippen molar-refractivity contribution in [3.05, 3.63) is 96.1 Å². The molecule has 3 aromatic rings. The maximum absolute atomic E-state index is 11.9. The van der Waals surface area contributed by atoms with Gasteiger partial charge in [-0.15, -0.1) is 0 Å². The summed E-state index contributed by atoms with van der Waals surface area (Å²) in [6, 6.07) is 29.1. The van der Waals surface area contributed by atoms with Crippen LogP contribution in [0.15, 0.2) is 84.9 Å².